The predicted octanol–water partition coefficient (Wildman–Crippen LogP) is 1.29. The highest BCUT2D eigenvalue weighted by atomic mass is 16.6. The molecule has 0 spiro atoms. The number of hydrogen-bond donors (Lipinski definition) is 1. The molecule has 148 valence electrons. The second-order valence-electron chi connectivity index (χ2n) is 5.96. The zero-order chi connectivity index (χ0) is 19.8. The molecule has 2 heterocycles. The Morgan fingerprint density at radius 1 is 1.25 bits per heavy atom. The Kier molecular flexibility index (Phi) is 6.77. The molecule has 3 rings (SSSR count). The fourth-order valence-corrected chi connectivity index (χ4v) is 2.57. The lowest BCUT2D eigenvalue weighted by atomic mass is 10.2. The molecule has 1 aliphatic heterocycles. The molecule has 1 aromatic heterocycles. The molecule has 0 aliphatic carbocycles. The average Bonchev–Trinajstić information content (AvgIpc) is 3.25. The zero-order valence-electron chi connectivity index (χ0n) is 15.4. The molecule has 1 saturated heterocycles. The van der Waals surface area contributed by atoms with Crippen LogP contribution in [0.15, 0.2) is 46.1 Å². The van der Waals surface area contributed by atoms with Gasteiger partial charge in [-0.2, -0.15) is 5.10 Å². The van der Waals surface area contributed by atoms with Crippen LogP contribution in [0.25, 0.3) is 0 Å². The van der Waals surface area contributed by atoms with Gasteiger partial charge in [-0.25, -0.2) is 10.2 Å². The van der Waals surface area contributed by atoms with Crippen molar-refractivity contribution in [2.24, 2.45) is 5.10 Å². The van der Waals surface area contributed by atoms with Gasteiger partial charge in [-0.05, 0) is 35.9 Å². The summed E-state index contributed by atoms with van der Waals surface area (Å²) in [7, 11) is 1.46. The summed E-state index contributed by atoms with van der Waals surface area (Å²) in [5.41, 5.74) is 3.16. The van der Waals surface area contributed by atoms with Crippen LogP contribution in [0.5, 0.6) is 11.5 Å². The lowest BCUT2D eigenvalue weighted by Gasteiger charge is -2.25. The minimum atomic E-state index is -0.625. The number of morpholine rings is 1. The van der Waals surface area contributed by atoms with Gasteiger partial charge in [0.1, 0.15) is 0 Å². The van der Waals surface area contributed by atoms with Crippen LogP contribution in [0.4, 0.5) is 0 Å². The number of amides is 1. The van der Waals surface area contributed by atoms with Gasteiger partial charge in [0.25, 0.3) is 5.91 Å². The normalized spacial score (nSPS) is 14.8. The average molecular weight is 387 g/mol. The number of carbonyl (C=O) groups is 2. The van der Waals surface area contributed by atoms with Crippen molar-refractivity contribution in [2.45, 2.75) is 0 Å². The first-order chi connectivity index (χ1) is 13.7. The molecule has 9 heteroatoms. The van der Waals surface area contributed by atoms with Crippen LogP contribution in [0.3, 0.4) is 0 Å². The van der Waals surface area contributed by atoms with E-state index in [9.17, 15) is 9.59 Å². The van der Waals surface area contributed by atoms with Crippen LogP contribution >= 0.6 is 0 Å². The molecule has 1 N–H and O–H groups in total. The van der Waals surface area contributed by atoms with E-state index >= 15 is 0 Å². The van der Waals surface area contributed by atoms with E-state index in [1.807, 2.05) is 4.90 Å². The van der Waals surface area contributed by atoms with E-state index in [2.05, 4.69) is 10.5 Å². The number of hydrogen-bond acceptors (Lipinski definition) is 8. The lowest BCUT2D eigenvalue weighted by Crippen LogP contribution is -2.42. The van der Waals surface area contributed by atoms with Gasteiger partial charge >= 0.3 is 5.97 Å². The van der Waals surface area contributed by atoms with Gasteiger partial charge in [-0.15, -0.1) is 0 Å². The highest BCUT2D eigenvalue weighted by molar-refractivity contribution is 5.89. The molecule has 0 bridgehead atoms. The Bertz CT molecular complexity index is 828. The SMILES string of the molecule is COc1cc(C=NNC(=O)CN2CCOCC2)ccc1OC(=O)c1ccco1. The van der Waals surface area contributed by atoms with Gasteiger partial charge in [-0.3, -0.25) is 9.69 Å². The molecular weight excluding hydrogens is 366 g/mol. The van der Waals surface area contributed by atoms with Gasteiger partial charge < -0.3 is 18.6 Å². The van der Waals surface area contributed by atoms with Crippen LogP contribution < -0.4 is 14.9 Å². The van der Waals surface area contributed by atoms with E-state index in [0.717, 1.165) is 13.1 Å². The standard InChI is InChI=1S/C19H21N3O6/c1-25-17-11-14(4-5-15(17)28-19(24)16-3-2-8-27-16)12-20-21-18(23)13-22-6-9-26-10-7-22/h2-5,8,11-12H,6-7,9-10,13H2,1H3,(H,21,23). The maximum Gasteiger partial charge on any atom is 0.379 e. The second-order valence-corrected chi connectivity index (χ2v) is 5.96. The maximum absolute atomic E-state index is 12.0. The van der Waals surface area contributed by atoms with Crippen molar-refractivity contribution in [3.05, 3.63) is 47.9 Å². The summed E-state index contributed by atoms with van der Waals surface area (Å²) in [5, 5.41) is 3.95. The number of benzene rings is 1. The van der Waals surface area contributed by atoms with Crippen LogP contribution in [0.1, 0.15) is 16.1 Å². The number of methoxy groups -OCH3 is 1. The Hall–Kier alpha value is -3.17. The summed E-state index contributed by atoms with van der Waals surface area (Å²) in [6.07, 6.45) is 2.87. The summed E-state index contributed by atoms with van der Waals surface area (Å²) in [5.74, 6) is -0.134. The topological polar surface area (TPSA) is 103 Å². The Labute approximate surface area is 161 Å². The summed E-state index contributed by atoms with van der Waals surface area (Å²) < 4.78 is 20.8. The van der Waals surface area contributed by atoms with E-state index in [1.165, 1.54) is 25.7 Å². The monoisotopic (exact) mass is 387 g/mol. The minimum Gasteiger partial charge on any atom is -0.493 e. The van der Waals surface area contributed by atoms with Crippen LogP contribution in [-0.2, 0) is 9.53 Å². The quantitative estimate of drug-likeness (QED) is 0.330. The highest BCUT2D eigenvalue weighted by Crippen LogP contribution is 2.28. The Balaban J connectivity index is 1.56. The van der Waals surface area contributed by atoms with Gasteiger partial charge in [0.2, 0.25) is 5.76 Å². The largest absolute Gasteiger partial charge is 0.493 e. The number of nitrogens with one attached hydrogen (secondary N) is 1. The minimum absolute atomic E-state index is 0.0932. The Morgan fingerprint density at radius 2 is 2.07 bits per heavy atom. The predicted molar refractivity (Wildman–Crippen MR) is 99.7 cm³/mol. The van der Waals surface area contributed by atoms with Crippen molar-refractivity contribution < 1.29 is 28.2 Å². The number of esters is 1. The third-order valence-electron chi connectivity index (χ3n) is 3.99. The lowest BCUT2D eigenvalue weighted by molar-refractivity contribution is -0.123. The third kappa shape index (κ3) is 5.41. The molecule has 1 aromatic carbocycles. The van der Waals surface area contributed by atoms with Crippen LogP contribution in [0, 0.1) is 0 Å². The van der Waals surface area contributed by atoms with E-state index in [4.69, 9.17) is 18.6 Å². The first-order valence-electron chi connectivity index (χ1n) is 8.71. The molecule has 1 fully saturated rings. The third-order valence-corrected chi connectivity index (χ3v) is 3.99. The smallest absolute Gasteiger partial charge is 0.379 e. The van der Waals surface area contributed by atoms with Gasteiger partial charge in [0, 0.05) is 13.1 Å². The molecule has 1 aliphatic rings. The first kappa shape index (κ1) is 19.6. The summed E-state index contributed by atoms with van der Waals surface area (Å²) >= 11 is 0. The van der Waals surface area contributed by atoms with Crippen molar-refractivity contribution in [1.82, 2.24) is 10.3 Å². The molecule has 9 nitrogen and oxygen atoms in total. The fourth-order valence-electron chi connectivity index (χ4n) is 2.57. The van der Waals surface area contributed by atoms with E-state index in [-0.39, 0.29) is 24.0 Å². The Morgan fingerprint density at radius 3 is 2.79 bits per heavy atom. The fraction of sp³-hybridized carbons (Fsp3) is 0.316. The summed E-state index contributed by atoms with van der Waals surface area (Å²) in [4.78, 5) is 25.9. The number of furan rings is 1. The van der Waals surface area contributed by atoms with Crippen molar-refractivity contribution in [1.29, 1.82) is 0 Å². The zero-order valence-corrected chi connectivity index (χ0v) is 15.4. The number of rotatable bonds is 7. The summed E-state index contributed by atoms with van der Waals surface area (Å²) in [6.45, 7) is 2.99. The van der Waals surface area contributed by atoms with Gasteiger partial charge in [-0.1, -0.05) is 0 Å². The molecular formula is C19H21N3O6. The number of nitrogens with zero attached hydrogens (tertiary/aromatic N) is 2. The van der Waals surface area contributed by atoms with Crippen molar-refractivity contribution in [3.8, 4) is 11.5 Å². The molecule has 2 aromatic rings. The van der Waals surface area contributed by atoms with E-state index in [0.29, 0.717) is 24.5 Å². The molecule has 1 amide bonds. The summed E-state index contributed by atoms with van der Waals surface area (Å²) in [6, 6.07) is 8.01. The molecule has 0 atom stereocenters. The first-order valence-corrected chi connectivity index (χ1v) is 8.71. The van der Waals surface area contributed by atoms with E-state index in [1.54, 1.807) is 24.3 Å². The molecule has 28 heavy (non-hydrogen) atoms. The number of ether oxygens (including phenoxy) is 3. The van der Waals surface area contributed by atoms with Crippen molar-refractivity contribution in [3.63, 3.8) is 0 Å². The van der Waals surface area contributed by atoms with Gasteiger partial charge in [0.05, 0.1) is 39.3 Å². The van der Waals surface area contributed by atoms with Crippen LogP contribution in [-0.4, -0.2) is 62.9 Å². The highest BCUT2D eigenvalue weighted by Gasteiger charge is 2.15. The molecule has 0 saturated carbocycles. The molecule has 0 radical (unpaired) electrons. The molecule has 0 unspecified atom stereocenters. The number of carbonyl (C=O) groups excluding carboxylic acids is 2. The van der Waals surface area contributed by atoms with Crippen molar-refractivity contribution in [2.75, 3.05) is 40.0 Å². The van der Waals surface area contributed by atoms with Gasteiger partial charge in [0.15, 0.2) is 11.5 Å². The number of hydrazone groups is 1. The van der Waals surface area contributed by atoms with E-state index < -0.39 is 5.97 Å². The van der Waals surface area contributed by atoms with Crippen molar-refractivity contribution >= 4 is 18.1 Å². The maximum atomic E-state index is 12.0. The second kappa shape index (κ2) is 9.67. The van der Waals surface area contributed by atoms with Crippen LogP contribution in [0.2, 0.25) is 0 Å².